The number of aryl methyl sites for hydroxylation is 1. The number of rotatable bonds is 6. The highest BCUT2D eigenvalue weighted by molar-refractivity contribution is 5.98. The van der Waals surface area contributed by atoms with Gasteiger partial charge < -0.3 is 10.2 Å². The molecule has 4 rings (SSSR count). The number of urea groups is 1. The molecular formula is C27H29N3O2. The van der Waals surface area contributed by atoms with Gasteiger partial charge >= 0.3 is 6.03 Å². The van der Waals surface area contributed by atoms with Crippen molar-refractivity contribution in [1.29, 1.82) is 0 Å². The minimum atomic E-state index is -0.149. The molecule has 0 saturated carbocycles. The van der Waals surface area contributed by atoms with E-state index in [0.29, 0.717) is 18.7 Å². The van der Waals surface area contributed by atoms with Crippen LogP contribution in [0.25, 0.3) is 0 Å². The maximum absolute atomic E-state index is 13.2. The predicted molar refractivity (Wildman–Crippen MR) is 128 cm³/mol. The van der Waals surface area contributed by atoms with Crippen LogP contribution in [-0.2, 0) is 6.54 Å². The fourth-order valence-corrected chi connectivity index (χ4v) is 4.08. The van der Waals surface area contributed by atoms with Crippen molar-refractivity contribution in [2.75, 3.05) is 18.0 Å². The lowest BCUT2D eigenvalue weighted by molar-refractivity contribution is 0.0940. The third-order valence-electron chi connectivity index (χ3n) is 6.00. The molecule has 1 atom stereocenters. The normalized spacial score (nSPS) is 14.9. The molecule has 1 fully saturated rings. The number of anilines is 1. The summed E-state index contributed by atoms with van der Waals surface area (Å²) in [5, 5.41) is 3.05. The van der Waals surface area contributed by atoms with Gasteiger partial charge in [0.05, 0.1) is 6.04 Å². The molecule has 0 radical (unpaired) electrons. The second kappa shape index (κ2) is 9.69. The van der Waals surface area contributed by atoms with Gasteiger partial charge in [-0.15, -0.1) is 0 Å². The molecule has 0 aliphatic carbocycles. The number of carbonyl (C=O) groups is 2. The summed E-state index contributed by atoms with van der Waals surface area (Å²) in [4.78, 5) is 29.8. The van der Waals surface area contributed by atoms with Crippen LogP contribution in [0.2, 0.25) is 0 Å². The Balaban J connectivity index is 1.47. The smallest absolute Gasteiger partial charge is 0.324 e. The molecule has 0 bridgehead atoms. The summed E-state index contributed by atoms with van der Waals surface area (Å²) in [6, 6.07) is 25.2. The van der Waals surface area contributed by atoms with Crippen LogP contribution in [0.5, 0.6) is 0 Å². The number of hydrogen-bond donors (Lipinski definition) is 1. The van der Waals surface area contributed by atoms with Crippen LogP contribution in [0.4, 0.5) is 10.5 Å². The predicted octanol–water partition coefficient (Wildman–Crippen LogP) is 5.32. The molecule has 3 aromatic rings. The summed E-state index contributed by atoms with van der Waals surface area (Å²) in [5.74, 6) is -0.149. The van der Waals surface area contributed by atoms with E-state index < -0.39 is 0 Å². The van der Waals surface area contributed by atoms with Crippen LogP contribution in [0.3, 0.4) is 0 Å². The van der Waals surface area contributed by atoms with Gasteiger partial charge in [-0.25, -0.2) is 4.79 Å². The Morgan fingerprint density at radius 1 is 0.969 bits per heavy atom. The summed E-state index contributed by atoms with van der Waals surface area (Å²) in [6.45, 7) is 6.01. The zero-order chi connectivity index (χ0) is 22.5. The molecule has 32 heavy (non-hydrogen) atoms. The largest absolute Gasteiger partial charge is 0.346 e. The quantitative estimate of drug-likeness (QED) is 0.579. The van der Waals surface area contributed by atoms with E-state index >= 15 is 0 Å². The van der Waals surface area contributed by atoms with Crippen molar-refractivity contribution in [3.05, 3.63) is 101 Å². The van der Waals surface area contributed by atoms with Crippen molar-refractivity contribution in [2.45, 2.75) is 32.9 Å². The number of amides is 3. The van der Waals surface area contributed by atoms with E-state index in [1.54, 1.807) is 11.0 Å². The number of nitrogens with zero attached hydrogens (tertiary/aromatic N) is 2. The van der Waals surface area contributed by atoms with Gasteiger partial charge in [0.2, 0.25) is 0 Å². The van der Waals surface area contributed by atoms with E-state index in [9.17, 15) is 9.59 Å². The molecule has 1 unspecified atom stereocenters. The molecular weight excluding hydrogens is 398 g/mol. The second-order valence-corrected chi connectivity index (χ2v) is 8.29. The van der Waals surface area contributed by atoms with E-state index in [2.05, 4.69) is 24.4 Å². The van der Waals surface area contributed by atoms with Crippen LogP contribution >= 0.6 is 0 Å². The first-order chi connectivity index (χ1) is 15.5. The average molecular weight is 428 g/mol. The first-order valence-electron chi connectivity index (χ1n) is 11.1. The fraction of sp³-hybridized carbons (Fsp3) is 0.259. The fourth-order valence-electron chi connectivity index (χ4n) is 4.08. The van der Waals surface area contributed by atoms with Crippen LogP contribution in [0, 0.1) is 6.92 Å². The van der Waals surface area contributed by atoms with E-state index in [1.807, 2.05) is 72.5 Å². The standard InChI is InChI=1S/C27H29N3O2/c1-20-10-6-7-13-24(20)19-29-16-9-17-30(27(29)32)25-15-8-14-23(18-25)26(31)28-21(2)22-11-4-3-5-12-22/h3-8,10-15,18,21H,9,16-17,19H2,1-2H3,(H,28,31). The maximum atomic E-state index is 13.2. The molecule has 1 heterocycles. The monoisotopic (exact) mass is 427 g/mol. The Bertz CT molecular complexity index is 1100. The molecule has 1 aliphatic rings. The molecule has 1 saturated heterocycles. The molecule has 5 heteroatoms. The van der Waals surface area contributed by atoms with Crippen LogP contribution < -0.4 is 10.2 Å². The molecule has 1 N–H and O–H groups in total. The molecule has 1 aliphatic heterocycles. The van der Waals surface area contributed by atoms with Crippen molar-refractivity contribution in [2.24, 2.45) is 0 Å². The maximum Gasteiger partial charge on any atom is 0.324 e. The number of carbonyl (C=O) groups excluding carboxylic acids is 2. The van der Waals surface area contributed by atoms with Gasteiger partial charge in [-0.05, 0) is 55.2 Å². The summed E-state index contributed by atoms with van der Waals surface area (Å²) < 4.78 is 0. The highest BCUT2D eigenvalue weighted by Gasteiger charge is 2.27. The van der Waals surface area contributed by atoms with Crippen LogP contribution in [0.1, 0.15) is 46.4 Å². The summed E-state index contributed by atoms with van der Waals surface area (Å²) >= 11 is 0. The van der Waals surface area contributed by atoms with Gasteiger partial charge in [0, 0.05) is 30.9 Å². The Morgan fingerprint density at radius 2 is 1.72 bits per heavy atom. The summed E-state index contributed by atoms with van der Waals surface area (Å²) in [6.07, 6.45) is 0.888. The summed E-state index contributed by atoms with van der Waals surface area (Å²) in [7, 11) is 0. The first-order valence-corrected chi connectivity index (χ1v) is 11.1. The van der Waals surface area contributed by atoms with Crippen LogP contribution in [-0.4, -0.2) is 29.9 Å². The number of nitrogens with one attached hydrogen (secondary N) is 1. The lowest BCUT2D eigenvalue weighted by Crippen LogP contribution is -2.49. The van der Waals surface area contributed by atoms with Gasteiger partial charge in [-0.1, -0.05) is 60.7 Å². The highest BCUT2D eigenvalue weighted by atomic mass is 16.2. The van der Waals surface area contributed by atoms with Gasteiger partial charge in [-0.3, -0.25) is 9.69 Å². The van der Waals surface area contributed by atoms with Gasteiger partial charge in [0.1, 0.15) is 0 Å². The van der Waals surface area contributed by atoms with E-state index in [4.69, 9.17) is 0 Å². The van der Waals surface area contributed by atoms with Crippen molar-refractivity contribution < 1.29 is 9.59 Å². The number of benzene rings is 3. The molecule has 5 nitrogen and oxygen atoms in total. The van der Waals surface area contributed by atoms with E-state index in [1.165, 1.54) is 5.56 Å². The number of hydrogen-bond acceptors (Lipinski definition) is 2. The Morgan fingerprint density at radius 3 is 2.50 bits per heavy atom. The SMILES string of the molecule is Cc1ccccc1CN1CCCN(c2cccc(C(=O)NC(C)c3ccccc3)c2)C1=O. The average Bonchev–Trinajstić information content (AvgIpc) is 2.82. The third kappa shape index (κ3) is 4.83. The molecule has 3 aromatic carbocycles. The molecule has 3 amide bonds. The lowest BCUT2D eigenvalue weighted by Gasteiger charge is -2.36. The van der Waals surface area contributed by atoms with Crippen LogP contribution in [0.15, 0.2) is 78.9 Å². The highest BCUT2D eigenvalue weighted by Crippen LogP contribution is 2.24. The van der Waals surface area contributed by atoms with Crippen molar-refractivity contribution >= 4 is 17.6 Å². The van der Waals surface area contributed by atoms with Gasteiger partial charge in [0.25, 0.3) is 5.91 Å². The van der Waals surface area contributed by atoms with Gasteiger partial charge in [0.15, 0.2) is 0 Å². The van der Waals surface area contributed by atoms with E-state index in [-0.39, 0.29) is 18.0 Å². The molecule has 0 spiro atoms. The molecule has 0 aromatic heterocycles. The zero-order valence-corrected chi connectivity index (χ0v) is 18.6. The molecule has 164 valence electrons. The Labute approximate surface area is 189 Å². The lowest BCUT2D eigenvalue weighted by atomic mass is 10.1. The Hall–Kier alpha value is -3.60. The topological polar surface area (TPSA) is 52.6 Å². The minimum Gasteiger partial charge on any atom is -0.346 e. The third-order valence-corrected chi connectivity index (χ3v) is 6.00. The minimum absolute atomic E-state index is 0.0188. The van der Waals surface area contributed by atoms with E-state index in [0.717, 1.165) is 29.8 Å². The summed E-state index contributed by atoms with van der Waals surface area (Å²) in [5.41, 5.74) is 4.70. The zero-order valence-electron chi connectivity index (χ0n) is 18.6. The van der Waals surface area contributed by atoms with Crippen molar-refractivity contribution in [1.82, 2.24) is 10.2 Å². The van der Waals surface area contributed by atoms with Crippen molar-refractivity contribution in [3.8, 4) is 0 Å². The van der Waals surface area contributed by atoms with Gasteiger partial charge in [-0.2, -0.15) is 0 Å². The Kier molecular flexibility index (Phi) is 6.55. The first kappa shape index (κ1) is 21.6. The second-order valence-electron chi connectivity index (χ2n) is 8.29. The van der Waals surface area contributed by atoms with Crippen molar-refractivity contribution in [3.63, 3.8) is 0 Å².